The number of nitriles is 1. The summed E-state index contributed by atoms with van der Waals surface area (Å²) in [7, 11) is 0. The van der Waals surface area contributed by atoms with Crippen molar-refractivity contribution in [2.75, 3.05) is 18.4 Å². The maximum Gasteiger partial charge on any atom is 0.311 e. The summed E-state index contributed by atoms with van der Waals surface area (Å²) in [4.78, 5) is 25.9. The molecule has 1 amide bonds. The maximum absolute atomic E-state index is 13.0. The van der Waals surface area contributed by atoms with Crippen LogP contribution in [0, 0.1) is 21.4 Å². The Labute approximate surface area is 142 Å². The second-order valence-corrected chi connectivity index (χ2v) is 6.01. The van der Waals surface area contributed by atoms with Gasteiger partial charge in [0.05, 0.1) is 4.92 Å². The van der Waals surface area contributed by atoms with Crippen molar-refractivity contribution in [3.05, 3.63) is 62.9 Å². The molecule has 0 radical (unpaired) electrons. The summed E-state index contributed by atoms with van der Waals surface area (Å²) in [6, 6.07) is 8.61. The third-order valence-corrected chi connectivity index (χ3v) is 4.84. The van der Waals surface area contributed by atoms with Crippen molar-refractivity contribution in [2.45, 2.75) is 11.8 Å². The monoisotopic (exact) mass is 338 g/mol. The highest BCUT2D eigenvalue weighted by Gasteiger charge is 2.64. The van der Waals surface area contributed by atoms with Crippen LogP contribution >= 0.6 is 0 Å². The average molecular weight is 338 g/mol. The van der Waals surface area contributed by atoms with Crippen LogP contribution in [0.3, 0.4) is 0 Å². The zero-order valence-corrected chi connectivity index (χ0v) is 13.1. The quantitative estimate of drug-likeness (QED) is 0.495. The third-order valence-electron chi connectivity index (χ3n) is 4.84. The fourth-order valence-corrected chi connectivity index (χ4v) is 3.83. The van der Waals surface area contributed by atoms with Gasteiger partial charge in [-0.15, -0.1) is 0 Å². The second-order valence-electron chi connectivity index (χ2n) is 6.01. The van der Waals surface area contributed by atoms with Crippen molar-refractivity contribution in [1.82, 2.24) is 10.2 Å². The first-order chi connectivity index (χ1) is 12.0. The lowest BCUT2D eigenvalue weighted by Gasteiger charge is -2.40. The Morgan fingerprint density at radius 1 is 1.40 bits per heavy atom. The minimum atomic E-state index is -1.85. The lowest BCUT2D eigenvalue weighted by Crippen LogP contribution is -2.54. The molecule has 0 aromatic heterocycles. The molecule has 0 aliphatic carbocycles. The van der Waals surface area contributed by atoms with Gasteiger partial charge in [-0.25, -0.2) is 0 Å². The van der Waals surface area contributed by atoms with Gasteiger partial charge in [0.1, 0.15) is 17.5 Å². The molecule has 9 heteroatoms. The van der Waals surface area contributed by atoms with Gasteiger partial charge in [-0.05, 0) is 12.5 Å². The van der Waals surface area contributed by atoms with E-state index >= 15 is 0 Å². The van der Waals surface area contributed by atoms with Crippen LogP contribution in [-0.4, -0.2) is 28.8 Å². The van der Waals surface area contributed by atoms with Gasteiger partial charge in [0, 0.05) is 24.3 Å². The van der Waals surface area contributed by atoms with Gasteiger partial charge < -0.3 is 21.3 Å². The van der Waals surface area contributed by atoms with Crippen LogP contribution in [0.5, 0.6) is 0 Å². The number of anilines is 1. The molecule has 9 nitrogen and oxygen atoms in total. The van der Waals surface area contributed by atoms with E-state index in [9.17, 15) is 20.2 Å². The third kappa shape index (κ3) is 1.68. The van der Waals surface area contributed by atoms with E-state index in [0.29, 0.717) is 30.8 Å². The van der Waals surface area contributed by atoms with Gasteiger partial charge in [-0.2, -0.15) is 5.26 Å². The molecule has 0 bridgehead atoms. The number of benzene rings is 1. The smallest absolute Gasteiger partial charge is 0.311 e. The Kier molecular flexibility index (Phi) is 2.99. The highest BCUT2D eigenvalue weighted by atomic mass is 16.6. The van der Waals surface area contributed by atoms with Crippen LogP contribution in [0.1, 0.15) is 12.0 Å². The molecule has 4 N–H and O–H groups in total. The zero-order chi connectivity index (χ0) is 17.8. The number of fused-ring (bicyclic) bond motifs is 3. The number of para-hydroxylation sites is 1. The highest BCUT2D eigenvalue weighted by molar-refractivity contribution is 6.11. The predicted molar refractivity (Wildman–Crippen MR) is 86.9 cm³/mol. The van der Waals surface area contributed by atoms with Crippen molar-refractivity contribution in [3.8, 4) is 6.07 Å². The SMILES string of the molecule is N#CC1=C(N)N2CCCNC2=C([N+](=O)[O-])C12C(=O)Nc1ccccc12. The molecule has 4 rings (SSSR count). The molecule has 1 unspecified atom stereocenters. The molecular weight excluding hydrogens is 324 g/mol. The van der Waals surface area contributed by atoms with Crippen LogP contribution in [0.25, 0.3) is 0 Å². The number of nitrogens with one attached hydrogen (secondary N) is 2. The summed E-state index contributed by atoms with van der Waals surface area (Å²) < 4.78 is 0. The van der Waals surface area contributed by atoms with E-state index < -0.39 is 16.2 Å². The molecular formula is C16H14N6O3. The minimum absolute atomic E-state index is 0.0714. The summed E-state index contributed by atoms with van der Waals surface area (Å²) in [6.07, 6.45) is 0.712. The van der Waals surface area contributed by atoms with Crippen molar-refractivity contribution in [3.63, 3.8) is 0 Å². The van der Waals surface area contributed by atoms with Gasteiger partial charge >= 0.3 is 5.70 Å². The van der Waals surface area contributed by atoms with Crippen LogP contribution in [0.4, 0.5) is 5.69 Å². The normalized spacial score (nSPS) is 24.4. The number of rotatable bonds is 1. The number of carbonyl (C=O) groups excluding carboxylic acids is 1. The van der Waals surface area contributed by atoms with E-state index in [-0.39, 0.29) is 22.9 Å². The standard InChI is InChI=1S/C16H14N6O3/c17-8-10-13(18)21-7-3-6-19-14(21)12(22(24)25)16(10)9-4-1-2-5-11(9)20-15(16)23/h1-2,4-5,19H,3,6-7,18H2,(H,20,23). The van der Waals surface area contributed by atoms with Gasteiger partial charge in [-0.3, -0.25) is 14.9 Å². The molecule has 1 atom stereocenters. The Hall–Kier alpha value is -3.54. The lowest BCUT2D eigenvalue weighted by molar-refractivity contribution is -0.435. The predicted octanol–water partition coefficient (Wildman–Crippen LogP) is 0.325. The first-order valence-electron chi connectivity index (χ1n) is 7.75. The van der Waals surface area contributed by atoms with Gasteiger partial charge in [0.2, 0.25) is 5.41 Å². The molecule has 3 aliphatic rings. The van der Waals surface area contributed by atoms with E-state index in [1.54, 1.807) is 24.3 Å². The van der Waals surface area contributed by atoms with E-state index in [4.69, 9.17) is 5.73 Å². The Balaban J connectivity index is 2.14. The molecule has 1 saturated heterocycles. The van der Waals surface area contributed by atoms with Gasteiger partial charge in [0.15, 0.2) is 5.82 Å². The Bertz CT molecular complexity index is 928. The van der Waals surface area contributed by atoms with Crippen molar-refractivity contribution in [2.24, 2.45) is 5.73 Å². The second kappa shape index (κ2) is 4.98. The molecule has 25 heavy (non-hydrogen) atoms. The van der Waals surface area contributed by atoms with E-state index in [1.807, 2.05) is 6.07 Å². The number of nitrogens with zero attached hydrogens (tertiary/aromatic N) is 3. The summed E-state index contributed by atoms with van der Waals surface area (Å²) >= 11 is 0. The first-order valence-corrected chi connectivity index (χ1v) is 7.75. The average Bonchev–Trinajstić information content (AvgIpc) is 2.88. The van der Waals surface area contributed by atoms with Crippen LogP contribution in [-0.2, 0) is 10.2 Å². The summed E-state index contributed by atoms with van der Waals surface area (Å²) in [5.41, 5.74) is 4.67. The molecule has 3 heterocycles. The molecule has 0 saturated carbocycles. The van der Waals surface area contributed by atoms with Gasteiger partial charge in [-0.1, -0.05) is 18.2 Å². The highest BCUT2D eigenvalue weighted by Crippen LogP contribution is 2.52. The van der Waals surface area contributed by atoms with E-state index in [1.165, 1.54) is 4.90 Å². The molecule has 1 fully saturated rings. The lowest BCUT2D eigenvalue weighted by atomic mass is 9.70. The topological polar surface area (TPSA) is 137 Å². The largest absolute Gasteiger partial charge is 0.384 e. The van der Waals surface area contributed by atoms with Crippen LogP contribution < -0.4 is 16.4 Å². The Morgan fingerprint density at radius 3 is 2.88 bits per heavy atom. The summed E-state index contributed by atoms with van der Waals surface area (Å²) in [6.45, 7) is 0.966. The maximum atomic E-state index is 13.0. The number of amides is 1. The summed E-state index contributed by atoms with van der Waals surface area (Å²) in [5, 5.41) is 27.4. The fourth-order valence-electron chi connectivity index (χ4n) is 3.83. The fraction of sp³-hybridized carbons (Fsp3) is 0.250. The summed E-state index contributed by atoms with van der Waals surface area (Å²) in [5.74, 6) is -0.388. The molecule has 1 aromatic carbocycles. The minimum Gasteiger partial charge on any atom is -0.384 e. The van der Waals surface area contributed by atoms with E-state index in [2.05, 4.69) is 10.6 Å². The van der Waals surface area contributed by atoms with Crippen molar-refractivity contribution >= 4 is 11.6 Å². The Morgan fingerprint density at radius 2 is 2.16 bits per heavy atom. The number of carbonyl (C=O) groups is 1. The molecule has 3 aliphatic heterocycles. The molecule has 1 spiro atoms. The van der Waals surface area contributed by atoms with Crippen LogP contribution in [0.15, 0.2) is 47.2 Å². The van der Waals surface area contributed by atoms with E-state index in [0.717, 1.165) is 0 Å². The number of hydrogen-bond donors (Lipinski definition) is 3. The number of nitro groups is 1. The zero-order valence-electron chi connectivity index (χ0n) is 13.1. The van der Waals surface area contributed by atoms with Crippen molar-refractivity contribution in [1.29, 1.82) is 5.26 Å². The van der Waals surface area contributed by atoms with Crippen LogP contribution in [0.2, 0.25) is 0 Å². The number of nitrogens with two attached hydrogens (primary N) is 1. The van der Waals surface area contributed by atoms with Gasteiger partial charge in [0.25, 0.3) is 5.91 Å². The van der Waals surface area contributed by atoms with Crippen molar-refractivity contribution < 1.29 is 9.72 Å². The number of hydrogen-bond acceptors (Lipinski definition) is 7. The first kappa shape index (κ1) is 15.0. The molecule has 1 aromatic rings. The molecule has 126 valence electrons.